The number of hydrogen-bond acceptors (Lipinski definition) is 3. The Morgan fingerprint density at radius 3 is 2.86 bits per heavy atom. The molecule has 1 saturated carbocycles. The van der Waals surface area contributed by atoms with Gasteiger partial charge in [0.2, 0.25) is 0 Å². The van der Waals surface area contributed by atoms with E-state index in [0.717, 1.165) is 41.1 Å². The van der Waals surface area contributed by atoms with E-state index in [0.29, 0.717) is 0 Å². The van der Waals surface area contributed by atoms with Crippen molar-refractivity contribution in [3.63, 3.8) is 0 Å². The van der Waals surface area contributed by atoms with Gasteiger partial charge in [0.05, 0.1) is 0 Å². The highest BCUT2D eigenvalue weighted by Gasteiger charge is 2.24. The zero-order chi connectivity index (χ0) is 14.2. The largest absolute Gasteiger partial charge is 0.298 e. The second-order valence-electron chi connectivity index (χ2n) is 6.46. The van der Waals surface area contributed by atoms with Crippen LogP contribution in [0.15, 0.2) is 29.1 Å². The molecule has 110 valence electrons. The zero-order valence-electron chi connectivity index (χ0n) is 12.3. The van der Waals surface area contributed by atoms with Crippen molar-refractivity contribution in [2.45, 2.75) is 38.6 Å². The smallest absolute Gasteiger partial charge is 0.192 e. The normalized spacial score (nSPS) is 20.0. The van der Waals surface area contributed by atoms with E-state index in [9.17, 15) is 4.79 Å². The molecule has 0 saturated heterocycles. The molecule has 1 aromatic carbocycles. The summed E-state index contributed by atoms with van der Waals surface area (Å²) in [7, 11) is 0. The third-order valence-corrected chi connectivity index (χ3v) is 6.28. The molecule has 0 radical (unpaired) electrons. The first kappa shape index (κ1) is 13.5. The maximum atomic E-state index is 12.7. The van der Waals surface area contributed by atoms with Crippen molar-refractivity contribution >= 4 is 21.4 Å². The lowest BCUT2D eigenvalue weighted by atomic mass is 10.0. The van der Waals surface area contributed by atoms with Gasteiger partial charge < -0.3 is 0 Å². The summed E-state index contributed by atoms with van der Waals surface area (Å²) in [6.45, 7) is 3.18. The van der Waals surface area contributed by atoms with Crippen LogP contribution in [-0.4, -0.2) is 18.0 Å². The number of benzene rings is 1. The van der Waals surface area contributed by atoms with Crippen molar-refractivity contribution in [1.82, 2.24) is 4.90 Å². The Morgan fingerprint density at radius 1 is 1.19 bits per heavy atom. The molecule has 1 fully saturated rings. The van der Waals surface area contributed by atoms with Crippen LogP contribution in [0.25, 0.3) is 10.1 Å². The van der Waals surface area contributed by atoms with Gasteiger partial charge in [-0.3, -0.25) is 9.69 Å². The van der Waals surface area contributed by atoms with Crippen LogP contribution in [0.5, 0.6) is 0 Å². The number of hydrogen-bond donors (Lipinski definition) is 0. The van der Waals surface area contributed by atoms with Crippen molar-refractivity contribution in [2.24, 2.45) is 5.92 Å². The Bertz CT molecular complexity index is 715. The molecule has 2 nitrogen and oxygen atoms in total. The topological polar surface area (TPSA) is 20.3 Å². The Morgan fingerprint density at radius 2 is 2.00 bits per heavy atom. The SMILES string of the molecule is O=c1c2c(sc3ccccc13)CCN(CC1CCCC1)C2. The summed E-state index contributed by atoms with van der Waals surface area (Å²) in [5.41, 5.74) is 1.35. The van der Waals surface area contributed by atoms with Crippen LogP contribution in [0, 0.1) is 5.92 Å². The molecule has 1 aliphatic heterocycles. The van der Waals surface area contributed by atoms with Crippen LogP contribution >= 0.6 is 11.3 Å². The average molecular weight is 299 g/mol. The van der Waals surface area contributed by atoms with Gasteiger partial charge in [-0.2, -0.15) is 0 Å². The molecule has 2 aliphatic rings. The van der Waals surface area contributed by atoms with Gasteiger partial charge >= 0.3 is 0 Å². The van der Waals surface area contributed by atoms with Crippen LogP contribution < -0.4 is 5.43 Å². The highest BCUT2D eigenvalue weighted by atomic mass is 32.1. The Hall–Kier alpha value is -1.19. The predicted octanol–water partition coefficient (Wildman–Crippen LogP) is 3.81. The molecular formula is C18H21NOS. The van der Waals surface area contributed by atoms with E-state index < -0.39 is 0 Å². The molecule has 2 heterocycles. The fourth-order valence-corrected chi connectivity index (χ4v) is 5.02. The van der Waals surface area contributed by atoms with Crippen molar-refractivity contribution in [2.75, 3.05) is 13.1 Å². The minimum Gasteiger partial charge on any atom is -0.298 e. The van der Waals surface area contributed by atoms with Gasteiger partial charge in [-0.15, -0.1) is 11.3 Å². The second kappa shape index (κ2) is 5.54. The molecule has 1 aliphatic carbocycles. The van der Waals surface area contributed by atoms with Gasteiger partial charge in [0.15, 0.2) is 5.43 Å². The molecule has 0 bridgehead atoms. The van der Waals surface area contributed by atoms with Crippen molar-refractivity contribution < 1.29 is 0 Å². The third kappa shape index (κ3) is 2.53. The second-order valence-corrected chi connectivity index (χ2v) is 7.60. The number of nitrogens with zero attached hydrogens (tertiary/aromatic N) is 1. The van der Waals surface area contributed by atoms with Crippen LogP contribution in [0.3, 0.4) is 0 Å². The summed E-state index contributed by atoms with van der Waals surface area (Å²) >= 11 is 1.82. The van der Waals surface area contributed by atoms with Gasteiger partial charge in [0, 0.05) is 40.2 Å². The maximum absolute atomic E-state index is 12.7. The van der Waals surface area contributed by atoms with Crippen molar-refractivity contribution in [3.05, 3.63) is 44.9 Å². The van der Waals surface area contributed by atoms with Gasteiger partial charge in [-0.25, -0.2) is 0 Å². The van der Waals surface area contributed by atoms with Gasteiger partial charge in [0.25, 0.3) is 0 Å². The van der Waals surface area contributed by atoms with Crippen LogP contribution in [0.4, 0.5) is 0 Å². The monoisotopic (exact) mass is 299 g/mol. The lowest BCUT2D eigenvalue weighted by Crippen LogP contribution is -2.36. The summed E-state index contributed by atoms with van der Waals surface area (Å²) in [6, 6.07) is 8.05. The Balaban J connectivity index is 1.65. The quantitative estimate of drug-likeness (QED) is 0.840. The lowest BCUT2D eigenvalue weighted by molar-refractivity contribution is 0.215. The standard InChI is InChI=1S/C18H21NOS/c20-18-14-7-3-4-8-16(14)21-17-9-10-19(12-15(17)18)11-13-5-1-2-6-13/h3-4,7-8,13H,1-2,5-6,9-12H2. The van der Waals surface area contributed by atoms with Gasteiger partial charge in [-0.1, -0.05) is 25.0 Å². The fourth-order valence-electron chi connectivity index (χ4n) is 3.86. The van der Waals surface area contributed by atoms with Crippen molar-refractivity contribution in [3.8, 4) is 0 Å². The number of rotatable bonds is 2. The third-order valence-electron chi connectivity index (χ3n) is 5.00. The van der Waals surface area contributed by atoms with Crippen molar-refractivity contribution in [1.29, 1.82) is 0 Å². The number of fused-ring (bicyclic) bond motifs is 2. The average Bonchev–Trinajstić information content (AvgIpc) is 3.01. The molecule has 0 N–H and O–H groups in total. The molecule has 0 unspecified atom stereocenters. The summed E-state index contributed by atoms with van der Waals surface area (Å²) in [6.07, 6.45) is 6.61. The molecular weight excluding hydrogens is 278 g/mol. The van der Waals surface area contributed by atoms with Crippen LogP contribution in [-0.2, 0) is 13.0 Å². The summed E-state index contributed by atoms with van der Waals surface area (Å²) in [5.74, 6) is 0.866. The summed E-state index contributed by atoms with van der Waals surface area (Å²) < 4.78 is 1.14. The van der Waals surface area contributed by atoms with E-state index >= 15 is 0 Å². The van der Waals surface area contributed by atoms with E-state index in [1.165, 1.54) is 37.1 Å². The van der Waals surface area contributed by atoms with E-state index in [-0.39, 0.29) is 5.43 Å². The molecule has 0 spiro atoms. The molecule has 0 amide bonds. The zero-order valence-corrected chi connectivity index (χ0v) is 13.1. The first-order valence-corrected chi connectivity index (χ1v) is 8.89. The first-order chi connectivity index (χ1) is 10.3. The maximum Gasteiger partial charge on any atom is 0.192 e. The Kier molecular flexibility index (Phi) is 3.56. The van der Waals surface area contributed by atoms with Gasteiger partial charge in [-0.05, 0) is 37.3 Å². The fraction of sp³-hybridized carbons (Fsp3) is 0.500. The van der Waals surface area contributed by atoms with E-state index in [1.54, 1.807) is 0 Å². The Labute approximate surface area is 129 Å². The summed E-state index contributed by atoms with van der Waals surface area (Å²) in [5, 5.41) is 0.906. The lowest BCUT2D eigenvalue weighted by Gasteiger charge is -2.30. The molecule has 3 heteroatoms. The highest BCUT2D eigenvalue weighted by Crippen LogP contribution is 2.29. The molecule has 4 rings (SSSR count). The minimum absolute atomic E-state index is 0.274. The highest BCUT2D eigenvalue weighted by molar-refractivity contribution is 7.18. The molecule has 21 heavy (non-hydrogen) atoms. The van der Waals surface area contributed by atoms with E-state index in [4.69, 9.17) is 0 Å². The predicted molar refractivity (Wildman–Crippen MR) is 89.0 cm³/mol. The molecule has 1 aromatic heterocycles. The summed E-state index contributed by atoms with van der Waals surface area (Å²) in [4.78, 5) is 16.6. The van der Waals surface area contributed by atoms with Crippen LogP contribution in [0.2, 0.25) is 0 Å². The van der Waals surface area contributed by atoms with E-state index in [1.807, 2.05) is 29.5 Å². The minimum atomic E-state index is 0.274. The molecule has 0 atom stereocenters. The van der Waals surface area contributed by atoms with Crippen LogP contribution in [0.1, 0.15) is 36.1 Å². The van der Waals surface area contributed by atoms with E-state index in [2.05, 4.69) is 11.0 Å². The molecule has 2 aromatic rings. The van der Waals surface area contributed by atoms with Gasteiger partial charge in [0.1, 0.15) is 0 Å². The first-order valence-electron chi connectivity index (χ1n) is 8.07.